The lowest BCUT2D eigenvalue weighted by Crippen LogP contribution is -2.38. The molecular weight excluding hydrogens is 306 g/mol. The van der Waals surface area contributed by atoms with E-state index in [1.165, 1.54) is 7.05 Å². The molecule has 0 saturated heterocycles. The number of amides is 2. The fraction of sp³-hybridized carbons (Fsp3) is 0.385. The first-order valence-electron chi connectivity index (χ1n) is 6.11. The molecule has 0 fully saturated rings. The fourth-order valence-electron chi connectivity index (χ4n) is 1.45. The third-order valence-corrected chi connectivity index (χ3v) is 2.99. The Morgan fingerprint density at radius 3 is 2.52 bits per heavy atom. The first-order valence-corrected chi connectivity index (χ1v) is 6.49. The molecule has 0 bridgehead atoms. The SMILES string of the molecule is CC(O)CCN(C)C(=O)C(=O)Nc1cc(F)c(F)cc1Cl. The molecular formula is C13H15ClF2N2O3. The van der Waals surface area contributed by atoms with Gasteiger partial charge in [-0.05, 0) is 19.4 Å². The van der Waals surface area contributed by atoms with Crippen LogP contribution >= 0.6 is 11.6 Å². The summed E-state index contributed by atoms with van der Waals surface area (Å²) in [4.78, 5) is 24.6. The Balaban J connectivity index is 2.72. The van der Waals surface area contributed by atoms with Gasteiger partial charge < -0.3 is 15.3 Å². The number of aliphatic hydroxyl groups is 1. The third kappa shape index (κ3) is 4.95. The Bertz CT molecular complexity index is 552. The number of aliphatic hydroxyl groups excluding tert-OH is 1. The van der Waals surface area contributed by atoms with Crippen LogP contribution in [0.5, 0.6) is 0 Å². The first kappa shape index (κ1) is 17.3. The van der Waals surface area contributed by atoms with Crippen LogP contribution in [0.4, 0.5) is 14.5 Å². The van der Waals surface area contributed by atoms with Crippen molar-refractivity contribution in [3.05, 3.63) is 28.8 Å². The van der Waals surface area contributed by atoms with E-state index < -0.39 is 29.6 Å². The van der Waals surface area contributed by atoms with Gasteiger partial charge in [0.2, 0.25) is 0 Å². The number of hydrogen-bond donors (Lipinski definition) is 2. The Kier molecular flexibility index (Phi) is 6.04. The van der Waals surface area contributed by atoms with Crippen LogP contribution in [0.3, 0.4) is 0 Å². The molecule has 1 atom stereocenters. The second-order valence-corrected chi connectivity index (χ2v) is 4.97. The van der Waals surface area contributed by atoms with Crippen LogP contribution in [0.1, 0.15) is 13.3 Å². The van der Waals surface area contributed by atoms with Gasteiger partial charge in [0, 0.05) is 19.7 Å². The summed E-state index contributed by atoms with van der Waals surface area (Å²) in [5.41, 5.74) is -0.196. The molecule has 0 aliphatic rings. The molecule has 0 aromatic heterocycles. The monoisotopic (exact) mass is 320 g/mol. The van der Waals surface area contributed by atoms with Gasteiger partial charge in [-0.3, -0.25) is 9.59 Å². The quantitative estimate of drug-likeness (QED) is 0.656. The van der Waals surface area contributed by atoms with Gasteiger partial charge in [-0.25, -0.2) is 8.78 Å². The van der Waals surface area contributed by atoms with E-state index in [4.69, 9.17) is 16.7 Å². The van der Waals surface area contributed by atoms with Crippen molar-refractivity contribution >= 4 is 29.1 Å². The number of rotatable bonds is 4. The fourth-order valence-corrected chi connectivity index (χ4v) is 1.65. The molecule has 0 heterocycles. The molecule has 8 heteroatoms. The second-order valence-electron chi connectivity index (χ2n) is 4.56. The van der Waals surface area contributed by atoms with E-state index in [9.17, 15) is 18.4 Å². The number of likely N-dealkylation sites (N-methyl/N-ethyl adjacent to an activating group) is 1. The smallest absolute Gasteiger partial charge is 0.313 e. The van der Waals surface area contributed by atoms with Crippen molar-refractivity contribution < 1.29 is 23.5 Å². The molecule has 5 nitrogen and oxygen atoms in total. The van der Waals surface area contributed by atoms with Crippen LogP contribution in [0.25, 0.3) is 0 Å². The number of anilines is 1. The lowest BCUT2D eigenvalue weighted by atomic mass is 10.2. The molecule has 21 heavy (non-hydrogen) atoms. The predicted molar refractivity (Wildman–Crippen MR) is 73.9 cm³/mol. The van der Waals surface area contributed by atoms with Crippen LogP contribution in [0, 0.1) is 11.6 Å². The Morgan fingerprint density at radius 1 is 1.38 bits per heavy atom. The van der Waals surface area contributed by atoms with Crippen molar-refractivity contribution in [1.82, 2.24) is 4.90 Å². The van der Waals surface area contributed by atoms with E-state index >= 15 is 0 Å². The van der Waals surface area contributed by atoms with Crippen LogP contribution in [-0.2, 0) is 9.59 Å². The molecule has 1 aromatic rings. The lowest BCUT2D eigenvalue weighted by molar-refractivity contribution is -0.142. The van der Waals surface area contributed by atoms with Gasteiger partial charge in [0.1, 0.15) is 0 Å². The van der Waals surface area contributed by atoms with E-state index in [-0.39, 0.29) is 17.3 Å². The first-order chi connectivity index (χ1) is 9.72. The van der Waals surface area contributed by atoms with Gasteiger partial charge in [-0.1, -0.05) is 11.6 Å². The summed E-state index contributed by atoms with van der Waals surface area (Å²) in [7, 11) is 1.39. The van der Waals surface area contributed by atoms with Gasteiger partial charge >= 0.3 is 11.8 Å². The van der Waals surface area contributed by atoms with Gasteiger partial charge in [-0.15, -0.1) is 0 Å². The highest BCUT2D eigenvalue weighted by molar-refractivity contribution is 6.41. The minimum absolute atomic E-state index is 0.176. The summed E-state index contributed by atoms with van der Waals surface area (Å²) in [6.07, 6.45) is -0.300. The average molecular weight is 321 g/mol. The molecule has 0 aliphatic carbocycles. The van der Waals surface area contributed by atoms with E-state index in [2.05, 4.69) is 5.32 Å². The lowest BCUT2D eigenvalue weighted by Gasteiger charge is -2.17. The Labute approximate surface area is 125 Å². The number of carbonyl (C=O) groups excluding carboxylic acids is 2. The number of nitrogens with one attached hydrogen (secondary N) is 1. The maximum Gasteiger partial charge on any atom is 0.313 e. The molecule has 1 rings (SSSR count). The Hall–Kier alpha value is -1.73. The largest absolute Gasteiger partial charge is 0.393 e. The number of nitrogens with zero attached hydrogens (tertiary/aromatic N) is 1. The molecule has 0 aliphatic heterocycles. The average Bonchev–Trinajstić information content (AvgIpc) is 2.41. The summed E-state index contributed by atoms with van der Waals surface area (Å²) < 4.78 is 26.0. The maximum atomic E-state index is 13.1. The maximum absolute atomic E-state index is 13.1. The second kappa shape index (κ2) is 7.33. The van der Waals surface area contributed by atoms with Gasteiger partial charge in [0.15, 0.2) is 11.6 Å². The molecule has 2 amide bonds. The standard InChI is InChI=1S/C13H15ClF2N2O3/c1-7(19)3-4-18(2)13(21)12(20)17-11-6-10(16)9(15)5-8(11)14/h5-7,19H,3-4H2,1-2H3,(H,17,20). The predicted octanol–water partition coefficient (Wildman–Crippen LogP) is 1.79. The molecule has 1 unspecified atom stereocenters. The third-order valence-electron chi connectivity index (χ3n) is 2.68. The van der Waals surface area contributed by atoms with Crippen molar-refractivity contribution in [3.63, 3.8) is 0 Å². The van der Waals surface area contributed by atoms with Crippen LogP contribution in [0.15, 0.2) is 12.1 Å². The summed E-state index contributed by atoms with van der Waals surface area (Å²) in [6.45, 7) is 1.73. The minimum atomic E-state index is -1.19. The number of hydrogen-bond acceptors (Lipinski definition) is 3. The van der Waals surface area contributed by atoms with E-state index in [0.717, 1.165) is 4.90 Å². The van der Waals surface area contributed by atoms with Gasteiger partial charge in [-0.2, -0.15) is 0 Å². The van der Waals surface area contributed by atoms with Crippen molar-refractivity contribution in [2.24, 2.45) is 0 Å². The van der Waals surface area contributed by atoms with Crippen molar-refractivity contribution in [2.45, 2.75) is 19.4 Å². The normalized spacial score (nSPS) is 11.9. The molecule has 0 saturated carbocycles. The highest BCUT2D eigenvalue weighted by Crippen LogP contribution is 2.24. The van der Waals surface area contributed by atoms with E-state index in [1.54, 1.807) is 6.92 Å². The number of carbonyl (C=O) groups is 2. The molecule has 0 radical (unpaired) electrons. The minimum Gasteiger partial charge on any atom is -0.393 e. The van der Waals surface area contributed by atoms with Crippen LogP contribution in [-0.4, -0.2) is 41.5 Å². The number of halogens is 3. The van der Waals surface area contributed by atoms with Crippen LogP contribution in [0.2, 0.25) is 5.02 Å². The zero-order valence-corrected chi connectivity index (χ0v) is 12.2. The van der Waals surface area contributed by atoms with Crippen molar-refractivity contribution in [1.29, 1.82) is 0 Å². The topological polar surface area (TPSA) is 69.6 Å². The summed E-state index contributed by atoms with van der Waals surface area (Å²) in [5, 5.41) is 11.0. The number of benzene rings is 1. The molecule has 0 spiro atoms. The molecule has 2 N–H and O–H groups in total. The summed E-state index contributed by atoms with van der Waals surface area (Å²) in [5.74, 6) is -4.25. The van der Waals surface area contributed by atoms with Crippen LogP contribution < -0.4 is 5.32 Å². The van der Waals surface area contributed by atoms with Gasteiger partial charge in [0.05, 0.1) is 16.8 Å². The summed E-state index contributed by atoms with van der Waals surface area (Å²) in [6, 6.07) is 1.40. The zero-order valence-electron chi connectivity index (χ0n) is 11.5. The van der Waals surface area contributed by atoms with Crippen molar-refractivity contribution in [3.8, 4) is 0 Å². The van der Waals surface area contributed by atoms with E-state index in [1.807, 2.05) is 0 Å². The highest BCUT2D eigenvalue weighted by atomic mass is 35.5. The zero-order chi connectivity index (χ0) is 16.2. The summed E-state index contributed by atoms with van der Waals surface area (Å²) >= 11 is 5.65. The van der Waals surface area contributed by atoms with E-state index in [0.29, 0.717) is 18.6 Å². The Morgan fingerprint density at radius 2 is 1.95 bits per heavy atom. The molecule has 116 valence electrons. The van der Waals surface area contributed by atoms with Gasteiger partial charge in [0.25, 0.3) is 0 Å². The highest BCUT2D eigenvalue weighted by Gasteiger charge is 2.20. The molecule has 1 aromatic carbocycles. The van der Waals surface area contributed by atoms with Crippen molar-refractivity contribution in [2.75, 3.05) is 18.9 Å².